The topological polar surface area (TPSA) is 29.3 Å². The number of nitrogens with zero attached hydrogens (tertiary/aromatic N) is 1. The number of anilines is 1. The van der Waals surface area contributed by atoms with Gasteiger partial charge in [-0.25, -0.2) is 4.39 Å². The Hall–Kier alpha value is -1.09. The van der Waals surface area contributed by atoms with Crippen LogP contribution in [0.4, 0.5) is 10.1 Å². The van der Waals surface area contributed by atoms with Crippen molar-refractivity contribution in [2.75, 3.05) is 11.4 Å². The smallest absolute Gasteiger partial charge is 0.146 e. The van der Waals surface area contributed by atoms with Gasteiger partial charge < -0.3 is 10.6 Å². The van der Waals surface area contributed by atoms with E-state index in [0.29, 0.717) is 6.04 Å². The summed E-state index contributed by atoms with van der Waals surface area (Å²) >= 11 is 0. The standard InChI is InChI=1S/C14H21FN2/c1-3-17(12-7-8-12)14-11(9-10(2)16)5-4-6-13(14)15/h4-6,10,12H,3,7-9,16H2,1-2H3. The van der Waals surface area contributed by atoms with E-state index in [9.17, 15) is 4.39 Å². The lowest BCUT2D eigenvalue weighted by Crippen LogP contribution is -2.28. The minimum absolute atomic E-state index is 0.0634. The molecule has 0 heterocycles. The number of rotatable bonds is 5. The molecule has 94 valence electrons. The first-order valence-corrected chi connectivity index (χ1v) is 6.43. The number of benzene rings is 1. The van der Waals surface area contributed by atoms with Gasteiger partial charge in [0.25, 0.3) is 0 Å². The van der Waals surface area contributed by atoms with Crippen molar-refractivity contribution in [1.29, 1.82) is 0 Å². The van der Waals surface area contributed by atoms with E-state index in [1.165, 1.54) is 12.8 Å². The van der Waals surface area contributed by atoms with E-state index in [4.69, 9.17) is 5.73 Å². The molecule has 1 fully saturated rings. The molecule has 0 amide bonds. The van der Waals surface area contributed by atoms with Crippen LogP contribution in [0.5, 0.6) is 0 Å². The van der Waals surface area contributed by atoms with E-state index in [1.807, 2.05) is 13.0 Å². The van der Waals surface area contributed by atoms with E-state index in [2.05, 4.69) is 11.8 Å². The van der Waals surface area contributed by atoms with Crippen molar-refractivity contribution < 1.29 is 4.39 Å². The number of halogens is 1. The Morgan fingerprint density at radius 2 is 2.18 bits per heavy atom. The Morgan fingerprint density at radius 1 is 1.47 bits per heavy atom. The highest BCUT2D eigenvalue weighted by molar-refractivity contribution is 5.56. The monoisotopic (exact) mass is 236 g/mol. The van der Waals surface area contributed by atoms with Crippen LogP contribution in [0, 0.1) is 5.82 Å². The second-order valence-corrected chi connectivity index (χ2v) is 4.95. The van der Waals surface area contributed by atoms with Crippen LogP contribution in [0.3, 0.4) is 0 Å². The van der Waals surface area contributed by atoms with Crippen molar-refractivity contribution in [3.05, 3.63) is 29.6 Å². The van der Waals surface area contributed by atoms with Crippen LogP contribution in [0.15, 0.2) is 18.2 Å². The van der Waals surface area contributed by atoms with Crippen LogP contribution in [0.1, 0.15) is 32.3 Å². The minimum atomic E-state index is -0.114. The Bertz CT molecular complexity index is 386. The molecule has 1 aliphatic rings. The van der Waals surface area contributed by atoms with Crippen molar-refractivity contribution in [3.8, 4) is 0 Å². The van der Waals surface area contributed by atoms with Crippen molar-refractivity contribution in [2.45, 2.75) is 45.2 Å². The summed E-state index contributed by atoms with van der Waals surface area (Å²) in [5.74, 6) is -0.114. The maximum Gasteiger partial charge on any atom is 0.146 e. The van der Waals surface area contributed by atoms with E-state index in [-0.39, 0.29) is 11.9 Å². The molecule has 2 nitrogen and oxygen atoms in total. The van der Waals surface area contributed by atoms with Gasteiger partial charge in [-0.1, -0.05) is 12.1 Å². The number of hydrogen-bond donors (Lipinski definition) is 1. The molecule has 2 rings (SSSR count). The molecular formula is C14H21FN2. The summed E-state index contributed by atoms with van der Waals surface area (Å²) in [7, 11) is 0. The van der Waals surface area contributed by atoms with Gasteiger partial charge in [0.15, 0.2) is 0 Å². The zero-order valence-corrected chi connectivity index (χ0v) is 10.6. The average Bonchev–Trinajstić information content (AvgIpc) is 3.06. The van der Waals surface area contributed by atoms with Gasteiger partial charge in [0, 0.05) is 18.6 Å². The summed E-state index contributed by atoms with van der Waals surface area (Å²) < 4.78 is 14.0. The summed E-state index contributed by atoms with van der Waals surface area (Å²) in [5.41, 5.74) is 7.64. The highest BCUT2D eigenvalue weighted by Crippen LogP contribution is 2.35. The quantitative estimate of drug-likeness (QED) is 0.851. The maximum atomic E-state index is 14.0. The Labute approximate surface area is 103 Å². The third-order valence-corrected chi connectivity index (χ3v) is 3.23. The van der Waals surface area contributed by atoms with Gasteiger partial charge in [0.1, 0.15) is 5.82 Å². The van der Waals surface area contributed by atoms with E-state index < -0.39 is 0 Å². The average molecular weight is 236 g/mol. The molecule has 17 heavy (non-hydrogen) atoms. The van der Waals surface area contributed by atoms with Crippen LogP contribution >= 0.6 is 0 Å². The molecule has 0 aliphatic heterocycles. The molecule has 3 heteroatoms. The van der Waals surface area contributed by atoms with Gasteiger partial charge in [-0.15, -0.1) is 0 Å². The summed E-state index contributed by atoms with van der Waals surface area (Å²) in [5, 5.41) is 0. The lowest BCUT2D eigenvalue weighted by molar-refractivity contribution is 0.611. The molecule has 0 saturated heterocycles. The van der Waals surface area contributed by atoms with Crippen LogP contribution in [0.25, 0.3) is 0 Å². The summed E-state index contributed by atoms with van der Waals surface area (Å²) in [4.78, 5) is 2.19. The highest BCUT2D eigenvalue weighted by Gasteiger charge is 2.30. The summed E-state index contributed by atoms with van der Waals surface area (Å²) in [6.07, 6.45) is 3.09. The fourth-order valence-electron chi connectivity index (χ4n) is 2.38. The van der Waals surface area contributed by atoms with Crippen molar-refractivity contribution in [3.63, 3.8) is 0 Å². The first-order valence-electron chi connectivity index (χ1n) is 6.43. The predicted molar refractivity (Wildman–Crippen MR) is 69.8 cm³/mol. The summed E-state index contributed by atoms with van der Waals surface area (Å²) in [6, 6.07) is 5.91. The molecule has 0 bridgehead atoms. The largest absolute Gasteiger partial charge is 0.366 e. The zero-order chi connectivity index (χ0) is 12.4. The first-order chi connectivity index (χ1) is 8.13. The first kappa shape index (κ1) is 12.4. The number of para-hydroxylation sites is 1. The van der Waals surface area contributed by atoms with Crippen molar-refractivity contribution >= 4 is 5.69 Å². The molecule has 1 saturated carbocycles. The molecule has 0 spiro atoms. The fourth-order valence-corrected chi connectivity index (χ4v) is 2.38. The van der Waals surface area contributed by atoms with Gasteiger partial charge in [0.2, 0.25) is 0 Å². The zero-order valence-electron chi connectivity index (χ0n) is 10.6. The van der Waals surface area contributed by atoms with Gasteiger partial charge in [-0.3, -0.25) is 0 Å². The molecule has 0 radical (unpaired) electrons. The molecule has 0 aromatic heterocycles. The van der Waals surface area contributed by atoms with Gasteiger partial charge in [-0.05, 0) is 44.7 Å². The Balaban J connectivity index is 2.34. The molecule has 1 aromatic carbocycles. The van der Waals surface area contributed by atoms with Gasteiger partial charge >= 0.3 is 0 Å². The third-order valence-electron chi connectivity index (χ3n) is 3.23. The number of nitrogens with two attached hydrogens (primary N) is 1. The van der Waals surface area contributed by atoms with Crippen LogP contribution in [0.2, 0.25) is 0 Å². The van der Waals surface area contributed by atoms with Crippen LogP contribution < -0.4 is 10.6 Å². The number of hydrogen-bond acceptors (Lipinski definition) is 2. The highest BCUT2D eigenvalue weighted by atomic mass is 19.1. The van der Waals surface area contributed by atoms with Crippen molar-refractivity contribution in [1.82, 2.24) is 0 Å². The predicted octanol–water partition coefficient (Wildman–Crippen LogP) is 2.70. The van der Waals surface area contributed by atoms with E-state index >= 15 is 0 Å². The Kier molecular flexibility index (Phi) is 3.67. The second-order valence-electron chi connectivity index (χ2n) is 4.95. The van der Waals surface area contributed by atoms with E-state index in [1.54, 1.807) is 12.1 Å². The lowest BCUT2D eigenvalue weighted by Gasteiger charge is -2.26. The molecular weight excluding hydrogens is 215 g/mol. The molecule has 1 atom stereocenters. The van der Waals surface area contributed by atoms with Gasteiger partial charge in [-0.2, -0.15) is 0 Å². The normalized spacial score (nSPS) is 16.9. The summed E-state index contributed by atoms with van der Waals surface area (Å²) in [6.45, 7) is 4.90. The minimum Gasteiger partial charge on any atom is -0.366 e. The Morgan fingerprint density at radius 3 is 2.71 bits per heavy atom. The molecule has 2 N–H and O–H groups in total. The molecule has 1 unspecified atom stereocenters. The van der Waals surface area contributed by atoms with Crippen LogP contribution in [-0.4, -0.2) is 18.6 Å². The SMILES string of the molecule is CCN(c1c(F)cccc1CC(C)N)C1CC1. The lowest BCUT2D eigenvalue weighted by atomic mass is 10.0. The van der Waals surface area contributed by atoms with Crippen LogP contribution in [-0.2, 0) is 6.42 Å². The second kappa shape index (κ2) is 5.05. The van der Waals surface area contributed by atoms with E-state index in [0.717, 1.165) is 24.2 Å². The fraction of sp³-hybridized carbons (Fsp3) is 0.571. The van der Waals surface area contributed by atoms with Gasteiger partial charge in [0.05, 0.1) is 5.69 Å². The maximum absolute atomic E-state index is 14.0. The molecule has 1 aliphatic carbocycles. The van der Waals surface area contributed by atoms with Crippen molar-refractivity contribution in [2.24, 2.45) is 5.73 Å². The molecule has 1 aromatic rings. The third kappa shape index (κ3) is 2.78.